The number of hydrogen-bond donors (Lipinski definition) is 0. The molecular weight excluding hydrogens is 480 g/mol. The fraction of sp³-hybridized carbons (Fsp3) is 0.571. The van der Waals surface area contributed by atoms with Crippen molar-refractivity contribution in [2.75, 3.05) is 63.9 Å². The van der Waals surface area contributed by atoms with Crippen LogP contribution in [0, 0.1) is 0 Å². The third-order valence-electron chi connectivity index (χ3n) is 8.20. The van der Waals surface area contributed by atoms with E-state index >= 15 is 0 Å². The number of nitrogens with zero attached hydrogens (tertiary/aromatic N) is 8. The maximum Gasteiger partial charge on any atom is 0.320 e. The number of ether oxygens (including phenoxy) is 1. The molecule has 0 radical (unpaired) electrons. The van der Waals surface area contributed by atoms with Crippen LogP contribution in [0.15, 0.2) is 36.8 Å². The lowest BCUT2D eigenvalue weighted by molar-refractivity contribution is 0.110. The molecule has 0 atom stereocenters. The number of benzene rings is 1. The molecule has 6 rings (SSSR count). The van der Waals surface area contributed by atoms with Gasteiger partial charge in [-0.2, -0.15) is 5.10 Å². The van der Waals surface area contributed by atoms with E-state index < -0.39 is 0 Å². The molecule has 0 saturated carbocycles. The van der Waals surface area contributed by atoms with E-state index in [4.69, 9.17) is 4.74 Å². The molecule has 10 nitrogen and oxygen atoms in total. The summed E-state index contributed by atoms with van der Waals surface area (Å²) in [5, 5.41) is 5.57. The SMILES string of the molecule is CCOc1cccc(Cn2ncc3c(N4CCN(C(=O)N5CCC(N6CCCC6)CC5)CC4)ncnc32)c1. The zero-order chi connectivity index (χ0) is 25.9. The van der Waals surface area contributed by atoms with Gasteiger partial charge in [0.25, 0.3) is 0 Å². The standard InChI is InChI=1S/C28H38N8O2/c1-2-38-24-7-5-6-22(18-24)20-36-27-25(19-31-36)26(29-21-30-27)33-14-16-35(17-15-33)28(37)34-12-8-23(9-13-34)32-10-3-4-11-32/h5-7,18-19,21,23H,2-4,8-17,20H2,1H3. The minimum absolute atomic E-state index is 0.194. The van der Waals surface area contributed by atoms with E-state index in [1.54, 1.807) is 6.33 Å². The van der Waals surface area contributed by atoms with Gasteiger partial charge in [0.2, 0.25) is 0 Å². The van der Waals surface area contributed by atoms with Crippen LogP contribution in [0.4, 0.5) is 10.6 Å². The van der Waals surface area contributed by atoms with Crippen molar-refractivity contribution in [2.45, 2.75) is 45.2 Å². The number of urea groups is 1. The number of amides is 2. The van der Waals surface area contributed by atoms with Gasteiger partial charge in [0.05, 0.1) is 24.7 Å². The van der Waals surface area contributed by atoms with Gasteiger partial charge in [0.1, 0.15) is 17.9 Å². The van der Waals surface area contributed by atoms with Gasteiger partial charge in [0.15, 0.2) is 5.65 Å². The van der Waals surface area contributed by atoms with Gasteiger partial charge < -0.3 is 24.3 Å². The Balaban J connectivity index is 1.07. The van der Waals surface area contributed by atoms with E-state index in [9.17, 15) is 4.79 Å². The van der Waals surface area contributed by atoms with Crippen LogP contribution in [0.5, 0.6) is 5.75 Å². The molecule has 3 aliphatic rings. The van der Waals surface area contributed by atoms with Crippen LogP contribution >= 0.6 is 0 Å². The number of piperidine rings is 1. The molecule has 0 bridgehead atoms. The normalized spacial score (nSPS) is 19.4. The summed E-state index contributed by atoms with van der Waals surface area (Å²) >= 11 is 0. The second-order valence-electron chi connectivity index (χ2n) is 10.5. The minimum Gasteiger partial charge on any atom is -0.494 e. The lowest BCUT2D eigenvalue weighted by Gasteiger charge is -2.41. The fourth-order valence-electron chi connectivity index (χ4n) is 6.16. The van der Waals surface area contributed by atoms with Crippen molar-refractivity contribution < 1.29 is 9.53 Å². The molecule has 202 valence electrons. The third-order valence-corrected chi connectivity index (χ3v) is 8.20. The number of piperazine rings is 1. The first-order chi connectivity index (χ1) is 18.7. The molecule has 0 N–H and O–H groups in total. The van der Waals surface area contributed by atoms with Crippen molar-refractivity contribution >= 4 is 22.9 Å². The second kappa shape index (κ2) is 11.1. The highest BCUT2D eigenvalue weighted by molar-refractivity contribution is 5.87. The highest BCUT2D eigenvalue weighted by Gasteiger charge is 2.32. The van der Waals surface area contributed by atoms with Crippen molar-refractivity contribution in [1.29, 1.82) is 0 Å². The summed E-state index contributed by atoms with van der Waals surface area (Å²) in [6.45, 7) is 10.4. The lowest BCUT2D eigenvalue weighted by Crippen LogP contribution is -2.55. The van der Waals surface area contributed by atoms with E-state index in [2.05, 4.69) is 35.8 Å². The highest BCUT2D eigenvalue weighted by Crippen LogP contribution is 2.26. The summed E-state index contributed by atoms with van der Waals surface area (Å²) in [4.78, 5) is 31.4. The zero-order valence-corrected chi connectivity index (χ0v) is 22.3. The maximum atomic E-state index is 13.3. The molecule has 2 amide bonds. The number of carbonyl (C=O) groups is 1. The number of anilines is 1. The second-order valence-corrected chi connectivity index (χ2v) is 10.5. The van der Waals surface area contributed by atoms with Gasteiger partial charge in [-0.1, -0.05) is 12.1 Å². The van der Waals surface area contributed by atoms with Gasteiger partial charge in [0, 0.05) is 45.3 Å². The van der Waals surface area contributed by atoms with Crippen LogP contribution in [0.2, 0.25) is 0 Å². The third kappa shape index (κ3) is 5.14. The predicted octanol–water partition coefficient (Wildman–Crippen LogP) is 3.08. The minimum atomic E-state index is 0.194. The number of hydrogen-bond acceptors (Lipinski definition) is 7. The largest absolute Gasteiger partial charge is 0.494 e. The van der Waals surface area contributed by atoms with Crippen LogP contribution in [-0.2, 0) is 6.54 Å². The first kappa shape index (κ1) is 24.9. The number of aromatic nitrogens is 4. The van der Waals surface area contributed by atoms with Crippen LogP contribution in [0.1, 0.15) is 38.2 Å². The summed E-state index contributed by atoms with van der Waals surface area (Å²) in [6, 6.07) is 8.94. The molecule has 5 heterocycles. The molecule has 3 saturated heterocycles. The van der Waals surface area contributed by atoms with Crippen molar-refractivity contribution in [3.05, 3.63) is 42.4 Å². The molecule has 0 unspecified atom stereocenters. The summed E-state index contributed by atoms with van der Waals surface area (Å²) in [5.41, 5.74) is 1.92. The van der Waals surface area contributed by atoms with Gasteiger partial charge >= 0.3 is 6.03 Å². The molecule has 38 heavy (non-hydrogen) atoms. The quantitative estimate of drug-likeness (QED) is 0.496. The van der Waals surface area contributed by atoms with E-state index in [1.807, 2.05) is 40.9 Å². The lowest BCUT2D eigenvalue weighted by atomic mass is 10.0. The summed E-state index contributed by atoms with van der Waals surface area (Å²) < 4.78 is 7.56. The highest BCUT2D eigenvalue weighted by atomic mass is 16.5. The van der Waals surface area contributed by atoms with Crippen LogP contribution in [0.3, 0.4) is 0 Å². The average molecular weight is 519 g/mol. The number of fused-ring (bicyclic) bond motifs is 1. The molecule has 0 spiro atoms. The summed E-state index contributed by atoms with van der Waals surface area (Å²) in [7, 11) is 0. The van der Waals surface area contributed by atoms with Crippen molar-refractivity contribution in [3.63, 3.8) is 0 Å². The van der Waals surface area contributed by atoms with E-state index in [-0.39, 0.29) is 6.03 Å². The Morgan fingerprint density at radius 3 is 2.50 bits per heavy atom. The number of carbonyl (C=O) groups excluding carboxylic acids is 1. The number of rotatable bonds is 6. The molecule has 3 aromatic rings. The zero-order valence-electron chi connectivity index (χ0n) is 22.3. The van der Waals surface area contributed by atoms with Gasteiger partial charge in [-0.25, -0.2) is 19.4 Å². The predicted molar refractivity (Wildman–Crippen MR) is 147 cm³/mol. The van der Waals surface area contributed by atoms with Gasteiger partial charge in [-0.15, -0.1) is 0 Å². The Hall–Kier alpha value is -3.40. The maximum absolute atomic E-state index is 13.3. The number of likely N-dealkylation sites (tertiary alicyclic amines) is 2. The van der Waals surface area contributed by atoms with Crippen molar-refractivity contribution in [1.82, 2.24) is 34.4 Å². The van der Waals surface area contributed by atoms with Gasteiger partial charge in [-0.05, 0) is 63.4 Å². The Morgan fingerprint density at radius 2 is 1.74 bits per heavy atom. The Bertz CT molecular complexity index is 1240. The van der Waals surface area contributed by atoms with E-state index in [1.165, 1.54) is 25.9 Å². The topological polar surface area (TPSA) is 82.9 Å². The van der Waals surface area contributed by atoms with E-state index in [0.29, 0.717) is 32.3 Å². The monoisotopic (exact) mass is 518 g/mol. The molecule has 10 heteroatoms. The van der Waals surface area contributed by atoms with Crippen molar-refractivity contribution in [3.8, 4) is 5.75 Å². The molecule has 1 aromatic carbocycles. The Morgan fingerprint density at radius 1 is 0.974 bits per heavy atom. The average Bonchev–Trinajstić information content (AvgIpc) is 3.64. The fourth-order valence-corrected chi connectivity index (χ4v) is 6.16. The molecule has 2 aromatic heterocycles. The molecule has 3 fully saturated rings. The molecule has 0 aliphatic carbocycles. The Labute approximate surface area is 224 Å². The smallest absolute Gasteiger partial charge is 0.320 e. The van der Waals surface area contributed by atoms with Crippen LogP contribution < -0.4 is 9.64 Å². The van der Waals surface area contributed by atoms with Crippen LogP contribution in [0.25, 0.3) is 11.0 Å². The summed E-state index contributed by atoms with van der Waals surface area (Å²) in [5.74, 6) is 1.75. The Kier molecular flexibility index (Phi) is 7.31. The first-order valence-corrected chi connectivity index (χ1v) is 14.1. The van der Waals surface area contributed by atoms with E-state index in [0.717, 1.165) is 67.2 Å². The summed E-state index contributed by atoms with van der Waals surface area (Å²) in [6.07, 6.45) is 8.33. The molecule has 3 aliphatic heterocycles. The first-order valence-electron chi connectivity index (χ1n) is 14.1. The molecular formula is C28H38N8O2. The van der Waals surface area contributed by atoms with Gasteiger partial charge in [-0.3, -0.25) is 0 Å². The van der Waals surface area contributed by atoms with Crippen LogP contribution in [-0.4, -0.2) is 105 Å². The van der Waals surface area contributed by atoms with Crippen molar-refractivity contribution in [2.24, 2.45) is 0 Å².